The molecule has 0 unspecified atom stereocenters. The Balaban J connectivity index is 2.22. The highest BCUT2D eigenvalue weighted by Crippen LogP contribution is 2.16. The fraction of sp³-hybridized carbons (Fsp3) is 0.316. The highest BCUT2D eigenvalue weighted by Gasteiger charge is 2.19. The molecular weight excluding hydrogens is 336 g/mol. The summed E-state index contributed by atoms with van der Waals surface area (Å²) in [5, 5.41) is 0. The minimum absolute atomic E-state index is 0.0938. The Morgan fingerprint density at radius 1 is 1.12 bits per heavy atom. The van der Waals surface area contributed by atoms with Crippen LogP contribution < -0.4 is 4.72 Å². The van der Waals surface area contributed by atoms with E-state index in [1.54, 1.807) is 37.9 Å². The Morgan fingerprint density at radius 2 is 1.80 bits per heavy atom. The molecule has 0 spiro atoms. The quantitative estimate of drug-likeness (QED) is 0.861. The molecule has 1 amide bonds. The van der Waals surface area contributed by atoms with E-state index in [0.29, 0.717) is 12.1 Å². The van der Waals surface area contributed by atoms with Gasteiger partial charge in [-0.25, -0.2) is 13.1 Å². The number of carbonyl (C=O) groups is 1. The van der Waals surface area contributed by atoms with Gasteiger partial charge in [0.25, 0.3) is 5.91 Å². The van der Waals surface area contributed by atoms with E-state index in [0.717, 1.165) is 11.1 Å². The third kappa shape index (κ3) is 4.90. The fourth-order valence-electron chi connectivity index (χ4n) is 2.51. The van der Waals surface area contributed by atoms with Crippen molar-refractivity contribution in [2.75, 3.05) is 7.05 Å². The van der Waals surface area contributed by atoms with E-state index in [2.05, 4.69) is 4.72 Å². The summed E-state index contributed by atoms with van der Waals surface area (Å²) < 4.78 is 27.1. The number of nitrogens with zero attached hydrogens (tertiary/aromatic N) is 1. The number of benzene rings is 2. The van der Waals surface area contributed by atoms with Gasteiger partial charge in [-0.3, -0.25) is 4.79 Å². The number of hydrogen-bond donors (Lipinski definition) is 1. The number of amides is 1. The standard InChI is InChI=1S/C19H24N2O3S/c1-14(2)20-25(23,24)18-11-7-10-16(12-18)19(22)21(4)13-17-9-6-5-8-15(17)3/h5-12,14,20H,13H2,1-4H3. The fourth-order valence-corrected chi connectivity index (χ4v) is 3.81. The summed E-state index contributed by atoms with van der Waals surface area (Å²) in [6.07, 6.45) is 0. The van der Waals surface area contributed by atoms with Crippen molar-refractivity contribution in [2.45, 2.75) is 38.3 Å². The van der Waals surface area contributed by atoms with Crippen LogP contribution in [0, 0.1) is 6.92 Å². The summed E-state index contributed by atoms with van der Waals surface area (Å²) in [6.45, 7) is 5.97. The number of hydrogen-bond acceptors (Lipinski definition) is 3. The molecule has 0 heterocycles. The van der Waals surface area contributed by atoms with Crippen LogP contribution in [-0.4, -0.2) is 32.3 Å². The predicted molar refractivity (Wildman–Crippen MR) is 98.9 cm³/mol. The lowest BCUT2D eigenvalue weighted by Gasteiger charge is -2.19. The third-order valence-electron chi connectivity index (χ3n) is 3.80. The summed E-state index contributed by atoms with van der Waals surface area (Å²) in [5.41, 5.74) is 2.52. The lowest BCUT2D eigenvalue weighted by molar-refractivity contribution is 0.0784. The van der Waals surface area contributed by atoms with Crippen LogP contribution in [0.25, 0.3) is 0 Å². The summed E-state index contributed by atoms with van der Waals surface area (Å²) >= 11 is 0. The van der Waals surface area contributed by atoms with E-state index in [4.69, 9.17) is 0 Å². The summed E-state index contributed by atoms with van der Waals surface area (Å²) in [6, 6.07) is 13.8. The van der Waals surface area contributed by atoms with Crippen LogP contribution in [0.4, 0.5) is 0 Å². The maximum Gasteiger partial charge on any atom is 0.253 e. The Bertz CT molecular complexity index is 860. The molecule has 0 radical (unpaired) electrons. The van der Waals surface area contributed by atoms with E-state index in [1.807, 2.05) is 31.2 Å². The molecule has 2 aromatic rings. The van der Waals surface area contributed by atoms with E-state index in [-0.39, 0.29) is 16.8 Å². The van der Waals surface area contributed by atoms with E-state index >= 15 is 0 Å². The van der Waals surface area contributed by atoms with Gasteiger partial charge in [0.05, 0.1) is 4.90 Å². The second-order valence-electron chi connectivity index (χ2n) is 6.39. The van der Waals surface area contributed by atoms with Crippen LogP contribution in [0.2, 0.25) is 0 Å². The summed E-state index contributed by atoms with van der Waals surface area (Å²) in [4.78, 5) is 14.4. The Morgan fingerprint density at radius 3 is 2.44 bits per heavy atom. The minimum atomic E-state index is -3.63. The maximum absolute atomic E-state index is 12.7. The number of aryl methyl sites for hydroxylation is 1. The van der Waals surface area contributed by atoms with Gasteiger partial charge >= 0.3 is 0 Å². The minimum Gasteiger partial charge on any atom is -0.337 e. The van der Waals surface area contributed by atoms with Gasteiger partial charge in [-0.05, 0) is 50.1 Å². The number of carbonyl (C=O) groups excluding carboxylic acids is 1. The van der Waals surface area contributed by atoms with Gasteiger partial charge in [0.2, 0.25) is 10.0 Å². The highest BCUT2D eigenvalue weighted by atomic mass is 32.2. The van der Waals surface area contributed by atoms with Gasteiger partial charge < -0.3 is 4.90 Å². The zero-order valence-electron chi connectivity index (χ0n) is 15.0. The van der Waals surface area contributed by atoms with Crippen molar-refractivity contribution in [3.63, 3.8) is 0 Å². The van der Waals surface area contributed by atoms with Crippen molar-refractivity contribution in [3.8, 4) is 0 Å². The van der Waals surface area contributed by atoms with E-state index in [9.17, 15) is 13.2 Å². The van der Waals surface area contributed by atoms with Crippen molar-refractivity contribution >= 4 is 15.9 Å². The molecule has 25 heavy (non-hydrogen) atoms. The van der Waals surface area contributed by atoms with Crippen molar-refractivity contribution < 1.29 is 13.2 Å². The van der Waals surface area contributed by atoms with Crippen molar-refractivity contribution in [2.24, 2.45) is 0 Å². The molecule has 134 valence electrons. The number of nitrogens with one attached hydrogen (secondary N) is 1. The number of rotatable bonds is 6. The first kappa shape index (κ1) is 19.1. The molecule has 0 aliphatic rings. The molecule has 0 saturated carbocycles. The lowest BCUT2D eigenvalue weighted by Crippen LogP contribution is -2.31. The molecule has 0 atom stereocenters. The van der Waals surface area contributed by atoms with E-state index < -0.39 is 10.0 Å². The van der Waals surface area contributed by atoms with Gasteiger partial charge in [0, 0.05) is 25.2 Å². The first-order valence-corrected chi connectivity index (χ1v) is 9.61. The van der Waals surface area contributed by atoms with Crippen LogP contribution in [0.5, 0.6) is 0 Å². The van der Waals surface area contributed by atoms with Gasteiger partial charge in [-0.15, -0.1) is 0 Å². The van der Waals surface area contributed by atoms with Crippen molar-refractivity contribution in [1.82, 2.24) is 9.62 Å². The molecule has 2 rings (SSSR count). The molecule has 0 aliphatic carbocycles. The monoisotopic (exact) mass is 360 g/mol. The molecule has 1 N–H and O–H groups in total. The average molecular weight is 360 g/mol. The Labute approximate surface area is 149 Å². The average Bonchev–Trinajstić information content (AvgIpc) is 2.55. The van der Waals surface area contributed by atoms with Crippen LogP contribution in [-0.2, 0) is 16.6 Å². The van der Waals surface area contributed by atoms with Crippen molar-refractivity contribution in [1.29, 1.82) is 0 Å². The molecule has 2 aromatic carbocycles. The van der Waals surface area contributed by atoms with Crippen molar-refractivity contribution in [3.05, 3.63) is 65.2 Å². The topological polar surface area (TPSA) is 66.5 Å². The van der Waals surface area contributed by atoms with Crippen LogP contribution >= 0.6 is 0 Å². The molecule has 0 saturated heterocycles. The van der Waals surface area contributed by atoms with Crippen LogP contribution in [0.3, 0.4) is 0 Å². The van der Waals surface area contributed by atoms with Crippen LogP contribution in [0.15, 0.2) is 53.4 Å². The lowest BCUT2D eigenvalue weighted by atomic mass is 10.1. The smallest absolute Gasteiger partial charge is 0.253 e. The summed E-state index contributed by atoms with van der Waals surface area (Å²) in [7, 11) is -1.92. The van der Waals surface area contributed by atoms with Gasteiger partial charge in [0.15, 0.2) is 0 Å². The molecular formula is C19H24N2O3S. The largest absolute Gasteiger partial charge is 0.337 e. The Kier molecular flexibility index (Phi) is 5.98. The first-order chi connectivity index (χ1) is 11.7. The Hall–Kier alpha value is -2.18. The number of sulfonamides is 1. The zero-order chi connectivity index (χ0) is 18.6. The summed E-state index contributed by atoms with van der Waals surface area (Å²) in [5.74, 6) is -0.218. The first-order valence-electron chi connectivity index (χ1n) is 8.13. The molecule has 0 aliphatic heterocycles. The molecule has 6 heteroatoms. The maximum atomic E-state index is 12.7. The van der Waals surface area contributed by atoms with E-state index in [1.165, 1.54) is 12.1 Å². The molecule has 0 aromatic heterocycles. The predicted octanol–water partition coefficient (Wildman–Crippen LogP) is 2.95. The van der Waals surface area contributed by atoms with Gasteiger partial charge in [-0.1, -0.05) is 30.3 Å². The third-order valence-corrected chi connectivity index (χ3v) is 5.45. The zero-order valence-corrected chi connectivity index (χ0v) is 15.8. The van der Waals surface area contributed by atoms with Crippen LogP contribution in [0.1, 0.15) is 35.3 Å². The SMILES string of the molecule is Cc1ccccc1CN(C)C(=O)c1cccc(S(=O)(=O)NC(C)C)c1. The molecule has 0 bridgehead atoms. The molecule has 0 fully saturated rings. The second-order valence-corrected chi connectivity index (χ2v) is 8.11. The second kappa shape index (κ2) is 7.80. The molecule has 5 nitrogen and oxygen atoms in total. The van der Waals surface area contributed by atoms with Gasteiger partial charge in [-0.2, -0.15) is 0 Å². The normalized spacial score (nSPS) is 11.6. The highest BCUT2D eigenvalue weighted by molar-refractivity contribution is 7.89. The van der Waals surface area contributed by atoms with Gasteiger partial charge in [0.1, 0.15) is 0 Å².